The fourth-order valence-corrected chi connectivity index (χ4v) is 2.35. The van der Waals surface area contributed by atoms with Crippen molar-refractivity contribution < 1.29 is 19.5 Å². The molecule has 8 heteroatoms. The highest BCUT2D eigenvalue weighted by atomic mass is 16.4. The van der Waals surface area contributed by atoms with Crippen LogP contribution < -0.4 is 5.73 Å². The molecule has 1 aromatic heterocycles. The molecular formula is C15H18N4O4. The summed E-state index contributed by atoms with van der Waals surface area (Å²) in [5.41, 5.74) is 5.99. The van der Waals surface area contributed by atoms with Crippen molar-refractivity contribution in [2.24, 2.45) is 5.73 Å². The van der Waals surface area contributed by atoms with Crippen LogP contribution in [0.25, 0.3) is 10.9 Å². The molecule has 0 fully saturated rings. The third kappa shape index (κ3) is 3.47. The molecule has 0 bridgehead atoms. The molecule has 23 heavy (non-hydrogen) atoms. The molecule has 0 radical (unpaired) electrons. The second-order valence-corrected chi connectivity index (χ2v) is 5.40. The maximum absolute atomic E-state index is 12.4. The number of hydrogen-bond acceptors (Lipinski definition) is 4. The van der Waals surface area contributed by atoms with Crippen molar-refractivity contribution in [3.63, 3.8) is 0 Å². The molecule has 0 unspecified atom stereocenters. The predicted octanol–water partition coefficient (Wildman–Crippen LogP) is 0.457. The van der Waals surface area contributed by atoms with Gasteiger partial charge in [-0.05, 0) is 19.9 Å². The summed E-state index contributed by atoms with van der Waals surface area (Å²) >= 11 is 0. The van der Waals surface area contributed by atoms with E-state index in [0.29, 0.717) is 10.9 Å². The molecule has 0 saturated heterocycles. The van der Waals surface area contributed by atoms with Gasteiger partial charge in [-0.1, -0.05) is 18.2 Å². The van der Waals surface area contributed by atoms with Crippen LogP contribution in [0.1, 0.15) is 24.3 Å². The second-order valence-electron chi connectivity index (χ2n) is 5.40. The van der Waals surface area contributed by atoms with Gasteiger partial charge in [0.05, 0.1) is 5.52 Å². The monoisotopic (exact) mass is 318 g/mol. The zero-order chi connectivity index (χ0) is 17.1. The van der Waals surface area contributed by atoms with E-state index in [-0.39, 0.29) is 18.3 Å². The molecule has 0 saturated carbocycles. The van der Waals surface area contributed by atoms with Crippen LogP contribution in [0.3, 0.4) is 0 Å². The number of para-hydroxylation sites is 1. The van der Waals surface area contributed by atoms with Crippen molar-refractivity contribution in [3.8, 4) is 0 Å². The van der Waals surface area contributed by atoms with E-state index >= 15 is 0 Å². The highest BCUT2D eigenvalue weighted by Crippen LogP contribution is 2.18. The molecule has 2 rings (SSSR count). The Kier molecular flexibility index (Phi) is 4.63. The van der Waals surface area contributed by atoms with Crippen molar-refractivity contribution in [3.05, 3.63) is 30.0 Å². The number of aliphatic carboxylic acids is 1. The Bertz CT molecular complexity index is 766. The molecule has 0 spiro atoms. The van der Waals surface area contributed by atoms with Gasteiger partial charge in [-0.3, -0.25) is 19.1 Å². The van der Waals surface area contributed by atoms with E-state index in [4.69, 9.17) is 10.8 Å². The highest BCUT2D eigenvalue weighted by Gasteiger charge is 2.22. The topological polar surface area (TPSA) is 119 Å². The third-order valence-electron chi connectivity index (χ3n) is 3.43. The second kappa shape index (κ2) is 6.47. The fourth-order valence-electron chi connectivity index (χ4n) is 2.35. The van der Waals surface area contributed by atoms with Crippen LogP contribution in [0.15, 0.2) is 24.3 Å². The lowest BCUT2D eigenvalue weighted by Crippen LogP contribution is -2.42. The first-order valence-corrected chi connectivity index (χ1v) is 7.08. The van der Waals surface area contributed by atoms with Gasteiger partial charge < -0.3 is 15.7 Å². The number of aromatic nitrogens is 2. The number of carboxylic acid groups (broad SMARTS) is 1. The van der Waals surface area contributed by atoms with E-state index in [2.05, 4.69) is 5.10 Å². The summed E-state index contributed by atoms with van der Waals surface area (Å²) in [4.78, 5) is 36.0. The molecule has 3 N–H and O–H groups in total. The van der Waals surface area contributed by atoms with Crippen LogP contribution >= 0.6 is 0 Å². The minimum Gasteiger partial charge on any atom is -0.480 e. The Morgan fingerprint density at radius 3 is 2.52 bits per heavy atom. The van der Waals surface area contributed by atoms with Crippen molar-refractivity contribution in [2.45, 2.75) is 26.4 Å². The van der Waals surface area contributed by atoms with Gasteiger partial charge in [-0.15, -0.1) is 0 Å². The molecular weight excluding hydrogens is 300 g/mol. The molecule has 122 valence electrons. The number of carbonyl (C=O) groups excluding carboxylic acids is 2. The normalized spacial score (nSPS) is 10.9. The largest absolute Gasteiger partial charge is 0.480 e. The van der Waals surface area contributed by atoms with Crippen LogP contribution in [-0.4, -0.2) is 50.2 Å². The zero-order valence-corrected chi connectivity index (χ0v) is 12.9. The lowest BCUT2D eigenvalue weighted by atomic mass is 10.2. The number of amides is 2. The van der Waals surface area contributed by atoms with E-state index in [1.165, 1.54) is 9.58 Å². The minimum absolute atomic E-state index is 0.0859. The lowest BCUT2D eigenvalue weighted by Gasteiger charge is -2.24. The summed E-state index contributed by atoms with van der Waals surface area (Å²) in [7, 11) is 0. The number of nitrogens with zero attached hydrogens (tertiary/aromatic N) is 3. The average Bonchev–Trinajstić information content (AvgIpc) is 2.83. The quantitative estimate of drug-likeness (QED) is 0.802. The number of benzene rings is 1. The first kappa shape index (κ1) is 16.5. The number of hydrogen-bond donors (Lipinski definition) is 2. The number of primary amides is 1. The van der Waals surface area contributed by atoms with Crippen LogP contribution in [-0.2, 0) is 16.1 Å². The number of rotatable bonds is 6. The first-order chi connectivity index (χ1) is 10.8. The van der Waals surface area contributed by atoms with Gasteiger partial charge in [0.15, 0.2) is 5.69 Å². The Morgan fingerprint density at radius 1 is 1.30 bits per heavy atom. The Balaban J connectivity index is 2.36. The fraction of sp³-hybridized carbons (Fsp3) is 0.333. The molecule has 2 amide bonds. The summed E-state index contributed by atoms with van der Waals surface area (Å²) in [6.45, 7) is 2.91. The molecule has 2 aromatic rings. The van der Waals surface area contributed by atoms with E-state index in [9.17, 15) is 14.4 Å². The van der Waals surface area contributed by atoms with Crippen LogP contribution in [0, 0.1) is 0 Å². The standard InChI is InChI=1S/C15H18N4O4/c1-9(2)18(8-13(21)22)12(20)7-19-11-6-4-3-5-10(11)14(17-19)15(16)23/h3-6,9H,7-8H2,1-2H3,(H2,16,23)(H,21,22). The van der Waals surface area contributed by atoms with Crippen LogP contribution in [0.5, 0.6) is 0 Å². The van der Waals surface area contributed by atoms with Gasteiger partial charge in [-0.25, -0.2) is 0 Å². The number of fused-ring (bicyclic) bond motifs is 1. The summed E-state index contributed by atoms with van der Waals surface area (Å²) < 4.78 is 1.37. The van der Waals surface area contributed by atoms with Gasteiger partial charge >= 0.3 is 5.97 Å². The summed E-state index contributed by atoms with van der Waals surface area (Å²) in [6, 6.07) is 6.65. The van der Waals surface area contributed by atoms with Gasteiger partial charge in [-0.2, -0.15) is 5.10 Å². The molecule has 0 atom stereocenters. The van der Waals surface area contributed by atoms with Crippen molar-refractivity contribution in [2.75, 3.05) is 6.54 Å². The van der Waals surface area contributed by atoms with Crippen molar-refractivity contribution in [1.82, 2.24) is 14.7 Å². The minimum atomic E-state index is -1.09. The average molecular weight is 318 g/mol. The van der Waals surface area contributed by atoms with E-state index < -0.39 is 24.3 Å². The molecule has 0 aliphatic carbocycles. The maximum Gasteiger partial charge on any atom is 0.323 e. The van der Waals surface area contributed by atoms with E-state index in [1.54, 1.807) is 38.1 Å². The number of nitrogens with two attached hydrogens (primary N) is 1. The van der Waals surface area contributed by atoms with Crippen LogP contribution in [0.4, 0.5) is 0 Å². The first-order valence-electron chi connectivity index (χ1n) is 7.08. The van der Waals surface area contributed by atoms with Crippen molar-refractivity contribution in [1.29, 1.82) is 0 Å². The molecule has 1 heterocycles. The smallest absolute Gasteiger partial charge is 0.323 e. The Hall–Kier alpha value is -2.90. The molecule has 1 aromatic carbocycles. The zero-order valence-electron chi connectivity index (χ0n) is 12.9. The molecule has 8 nitrogen and oxygen atoms in total. The number of carbonyl (C=O) groups is 3. The van der Waals surface area contributed by atoms with Gasteiger partial charge in [0.1, 0.15) is 13.1 Å². The van der Waals surface area contributed by atoms with Crippen LogP contribution in [0.2, 0.25) is 0 Å². The van der Waals surface area contributed by atoms with Crippen molar-refractivity contribution >= 4 is 28.7 Å². The Morgan fingerprint density at radius 2 is 1.96 bits per heavy atom. The molecule has 0 aliphatic rings. The summed E-state index contributed by atoms with van der Waals surface area (Å²) in [6.07, 6.45) is 0. The highest BCUT2D eigenvalue weighted by molar-refractivity contribution is 6.04. The van der Waals surface area contributed by atoms with Gasteiger partial charge in [0.2, 0.25) is 5.91 Å². The lowest BCUT2D eigenvalue weighted by molar-refractivity contribution is -0.146. The van der Waals surface area contributed by atoms with Gasteiger partial charge in [0.25, 0.3) is 5.91 Å². The Labute approximate surface area is 132 Å². The van der Waals surface area contributed by atoms with E-state index in [1.807, 2.05) is 0 Å². The number of carboxylic acids is 1. The summed E-state index contributed by atoms with van der Waals surface area (Å²) in [5, 5.41) is 13.6. The molecule has 0 aliphatic heterocycles. The van der Waals surface area contributed by atoms with Gasteiger partial charge in [0, 0.05) is 11.4 Å². The van der Waals surface area contributed by atoms with E-state index in [0.717, 1.165) is 0 Å². The third-order valence-corrected chi connectivity index (χ3v) is 3.43. The maximum atomic E-state index is 12.4. The summed E-state index contributed by atoms with van der Waals surface area (Å²) in [5.74, 6) is -2.17. The predicted molar refractivity (Wildman–Crippen MR) is 82.7 cm³/mol. The SMILES string of the molecule is CC(C)N(CC(=O)O)C(=O)Cn1nc(C(N)=O)c2ccccc21.